The number of rotatable bonds is 2. The van der Waals surface area contributed by atoms with Gasteiger partial charge < -0.3 is 5.11 Å². The summed E-state index contributed by atoms with van der Waals surface area (Å²) in [7, 11) is 0. The van der Waals surface area contributed by atoms with Crippen LogP contribution in [0.3, 0.4) is 0 Å². The number of halogens is 2. The first-order valence-electron chi connectivity index (χ1n) is 6.63. The van der Waals surface area contributed by atoms with Gasteiger partial charge in [0.2, 0.25) is 0 Å². The highest BCUT2D eigenvalue weighted by atomic mass is 35.5. The summed E-state index contributed by atoms with van der Waals surface area (Å²) >= 11 is 12.1. The molecule has 0 amide bonds. The molecule has 0 spiro atoms. The van der Waals surface area contributed by atoms with Gasteiger partial charge in [-0.15, -0.1) is 0 Å². The van der Waals surface area contributed by atoms with Gasteiger partial charge in [-0.25, -0.2) is 0 Å². The summed E-state index contributed by atoms with van der Waals surface area (Å²) in [5.41, 5.74) is -0.164. The van der Waals surface area contributed by atoms with Crippen LogP contribution >= 0.6 is 23.2 Å². The Balaban J connectivity index is 2.37. The summed E-state index contributed by atoms with van der Waals surface area (Å²) in [6.07, 6.45) is 4.76. The van der Waals surface area contributed by atoms with Crippen LogP contribution in [0.15, 0.2) is 18.2 Å². The smallest absolute Gasteiger partial charge is 0.0991 e. The second kappa shape index (κ2) is 6.13. The first-order chi connectivity index (χ1) is 9.09. The molecule has 102 valence electrons. The Hall–Kier alpha value is -0.750. The van der Waals surface area contributed by atoms with Gasteiger partial charge in [-0.05, 0) is 31.0 Å². The van der Waals surface area contributed by atoms with E-state index >= 15 is 0 Å². The normalized spacial score (nSPS) is 20.3. The number of aliphatic hydroxyl groups excluding tert-OH is 1. The Labute approximate surface area is 124 Å². The van der Waals surface area contributed by atoms with Crippen molar-refractivity contribution >= 4 is 23.2 Å². The molecular formula is C15H17Cl2NO. The molecule has 1 aromatic rings. The molecule has 0 aromatic heterocycles. The molecule has 0 aliphatic heterocycles. The molecular weight excluding hydrogens is 281 g/mol. The van der Waals surface area contributed by atoms with Crippen molar-refractivity contribution in [2.24, 2.45) is 5.41 Å². The van der Waals surface area contributed by atoms with Crippen molar-refractivity contribution in [2.45, 2.75) is 44.6 Å². The predicted molar refractivity (Wildman–Crippen MR) is 77.2 cm³/mol. The van der Waals surface area contributed by atoms with E-state index in [1.54, 1.807) is 18.2 Å². The fraction of sp³-hybridized carbons (Fsp3) is 0.533. The molecule has 2 nitrogen and oxygen atoms in total. The monoisotopic (exact) mass is 297 g/mol. The lowest BCUT2D eigenvalue weighted by Gasteiger charge is -2.31. The second-order valence-corrected chi connectivity index (χ2v) is 6.09. The van der Waals surface area contributed by atoms with E-state index in [4.69, 9.17) is 23.2 Å². The van der Waals surface area contributed by atoms with Crippen LogP contribution in [0.4, 0.5) is 0 Å². The maximum atomic E-state index is 10.7. The summed E-state index contributed by atoms with van der Waals surface area (Å²) in [5.74, 6) is 0. The van der Waals surface area contributed by atoms with Gasteiger partial charge in [0.05, 0.1) is 17.6 Å². The Kier molecular flexibility index (Phi) is 4.73. The van der Waals surface area contributed by atoms with Crippen LogP contribution in [0.5, 0.6) is 0 Å². The van der Waals surface area contributed by atoms with Gasteiger partial charge in [-0.3, -0.25) is 0 Å². The lowest BCUT2D eigenvalue weighted by Crippen LogP contribution is -2.27. The van der Waals surface area contributed by atoms with E-state index in [0.717, 1.165) is 25.7 Å². The van der Waals surface area contributed by atoms with Gasteiger partial charge in [0, 0.05) is 15.6 Å². The number of hydrogen-bond donors (Lipinski definition) is 1. The Bertz CT molecular complexity index is 487. The van der Waals surface area contributed by atoms with Crippen LogP contribution < -0.4 is 0 Å². The molecule has 0 bridgehead atoms. The lowest BCUT2D eigenvalue weighted by atomic mass is 9.74. The SMILES string of the molecule is N#CC1(C(O)c2cc(Cl)ccc2Cl)CCCCCC1. The molecule has 1 saturated carbocycles. The van der Waals surface area contributed by atoms with Crippen molar-refractivity contribution < 1.29 is 5.11 Å². The second-order valence-electron chi connectivity index (χ2n) is 5.25. The number of aliphatic hydroxyl groups is 1. The highest BCUT2D eigenvalue weighted by Gasteiger charge is 2.40. The van der Waals surface area contributed by atoms with E-state index in [9.17, 15) is 10.4 Å². The summed E-state index contributed by atoms with van der Waals surface area (Å²) < 4.78 is 0. The molecule has 4 heteroatoms. The Morgan fingerprint density at radius 2 is 1.79 bits per heavy atom. The Morgan fingerprint density at radius 3 is 2.37 bits per heavy atom. The van der Waals surface area contributed by atoms with E-state index in [1.807, 2.05) is 0 Å². The lowest BCUT2D eigenvalue weighted by molar-refractivity contribution is 0.0517. The molecule has 1 N–H and O–H groups in total. The van der Waals surface area contributed by atoms with E-state index in [-0.39, 0.29) is 0 Å². The average molecular weight is 298 g/mol. The van der Waals surface area contributed by atoms with Gasteiger partial charge in [-0.1, -0.05) is 48.9 Å². The van der Waals surface area contributed by atoms with Crippen LogP contribution in [0.1, 0.15) is 50.2 Å². The molecule has 0 radical (unpaired) electrons. The van der Waals surface area contributed by atoms with Gasteiger partial charge in [0.25, 0.3) is 0 Å². The molecule has 1 aliphatic carbocycles. The standard InChI is InChI=1S/C15H17Cl2NO/c16-11-5-6-13(17)12(9-11)14(19)15(10-18)7-3-1-2-4-8-15/h5-6,9,14,19H,1-4,7-8H2. The van der Waals surface area contributed by atoms with Crippen molar-refractivity contribution in [3.05, 3.63) is 33.8 Å². The molecule has 1 aliphatic rings. The molecule has 1 aromatic carbocycles. The van der Waals surface area contributed by atoms with Gasteiger partial charge in [-0.2, -0.15) is 5.26 Å². The molecule has 19 heavy (non-hydrogen) atoms. The van der Waals surface area contributed by atoms with Crippen molar-refractivity contribution in [3.8, 4) is 6.07 Å². The number of nitrogens with zero attached hydrogens (tertiary/aromatic N) is 1. The predicted octanol–water partition coefficient (Wildman–Crippen LogP) is 4.89. The highest BCUT2D eigenvalue weighted by Crippen LogP contribution is 2.46. The third-order valence-electron chi connectivity index (χ3n) is 3.99. The van der Waals surface area contributed by atoms with Crippen LogP contribution in [0.25, 0.3) is 0 Å². The number of benzene rings is 1. The fourth-order valence-corrected chi connectivity index (χ4v) is 3.23. The van der Waals surface area contributed by atoms with E-state index in [1.165, 1.54) is 0 Å². The topological polar surface area (TPSA) is 44.0 Å². The summed E-state index contributed by atoms with van der Waals surface area (Å²) in [6.45, 7) is 0. The third-order valence-corrected chi connectivity index (χ3v) is 4.57. The molecule has 0 saturated heterocycles. The molecule has 1 unspecified atom stereocenters. The van der Waals surface area contributed by atoms with Gasteiger partial charge in [0.1, 0.15) is 0 Å². The summed E-state index contributed by atoms with van der Waals surface area (Å²) in [4.78, 5) is 0. The minimum absolute atomic E-state index is 0.468. The quantitative estimate of drug-likeness (QED) is 0.790. The van der Waals surface area contributed by atoms with Crippen molar-refractivity contribution in [3.63, 3.8) is 0 Å². The van der Waals surface area contributed by atoms with Gasteiger partial charge >= 0.3 is 0 Å². The minimum Gasteiger partial charge on any atom is -0.387 e. The van der Waals surface area contributed by atoms with Crippen LogP contribution in [-0.2, 0) is 0 Å². The van der Waals surface area contributed by atoms with Crippen molar-refractivity contribution in [1.82, 2.24) is 0 Å². The maximum absolute atomic E-state index is 10.7. The zero-order chi connectivity index (χ0) is 13.9. The molecule has 1 fully saturated rings. The molecule has 1 atom stereocenters. The zero-order valence-electron chi connectivity index (χ0n) is 10.7. The molecule has 2 rings (SSSR count). The van der Waals surface area contributed by atoms with Crippen LogP contribution in [-0.4, -0.2) is 5.11 Å². The minimum atomic E-state index is -0.873. The zero-order valence-corrected chi connectivity index (χ0v) is 12.2. The van der Waals surface area contributed by atoms with Crippen molar-refractivity contribution in [1.29, 1.82) is 5.26 Å². The van der Waals surface area contributed by atoms with E-state index < -0.39 is 11.5 Å². The largest absolute Gasteiger partial charge is 0.387 e. The fourth-order valence-electron chi connectivity index (χ4n) is 2.83. The van der Waals surface area contributed by atoms with Crippen LogP contribution in [0.2, 0.25) is 10.0 Å². The number of nitriles is 1. The molecule has 0 heterocycles. The first-order valence-corrected chi connectivity index (χ1v) is 7.39. The Morgan fingerprint density at radius 1 is 1.16 bits per heavy atom. The highest BCUT2D eigenvalue weighted by molar-refractivity contribution is 6.33. The third kappa shape index (κ3) is 3.05. The maximum Gasteiger partial charge on any atom is 0.0991 e. The van der Waals surface area contributed by atoms with Crippen molar-refractivity contribution in [2.75, 3.05) is 0 Å². The van der Waals surface area contributed by atoms with Gasteiger partial charge in [0.15, 0.2) is 0 Å². The average Bonchev–Trinajstić information content (AvgIpc) is 2.67. The summed E-state index contributed by atoms with van der Waals surface area (Å²) in [5, 5.41) is 21.2. The van der Waals surface area contributed by atoms with E-state index in [0.29, 0.717) is 28.5 Å². The summed E-state index contributed by atoms with van der Waals surface area (Å²) in [6, 6.07) is 7.37. The van der Waals surface area contributed by atoms with E-state index in [2.05, 4.69) is 6.07 Å². The van der Waals surface area contributed by atoms with Crippen LogP contribution in [0, 0.1) is 16.7 Å². The first kappa shape index (κ1) is 14.7. The number of hydrogen-bond acceptors (Lipinski definition) is 2.